The number of methoxy groups -OCH3 is 1. The number of rotatable bonds is 12. The number of carbonyl (C=O) groups excluding carboxylic acids is 2. The van der Waals surface area contributed by atoms with Gasteiger partial charge in [-0.25, -0.2) is 9.99 Å². The monoisotopic (exact) mass is 661 g/mol. The van der Waals surface area contributed by atoms with Crippen molar-refractivity contribution in [2.24, 2.45) is 11.8 Å². The molecule has 0 spiro atoms. The summed E-state index contributed by atoms with van der Waals surface area (Å²) in [6.45, 7) is 13.1. The van der Waals surface area contributed by atoms with Crippen LogP contribution in [0.5, 0.6) is 5.75 Å². The second kappa shape index (κ2) is 15.0. The predicted molar refractivity (Wildman–Crippen MR) is 190 cm³/mol. The summed E-state index contributed by atoms with van der Waals surface area (Å²) in [5.41, 5.74) is 1.87. The van der Waals surface area contributed by atoms with E-state index in [4.69, 9.17) is 9.72 Å². The van der Waals surface area contributed by atoms with Crippen molar-refractivity contribution < 1.29 is 14.3 Å². The maximum Gasteiger partial charge on any atom is 0.251 e. The Hall–Kier alpha value is -3.48. The number of hydrogen-bond donors (Lipinski definition) is 2. The van der Waals surface area contributed by atoms with Gasteiger partial charge in [-0.2, -0.15) is 4.98 Å². The standard InChI is InChI=1S/C36H55N9O3/c1-7-30-35(47)42(5)31-21-37-36(40-33(31)45(30)41(4)22-24(2)3)39-29-15-10-26(20-32(29)48-6)34(46)38-27-11-13-28(14-12-27)44-18-16-43(17-19-44)23-25-8-9-25/h10,15,20-21,24-25,27-28,30H,7-9,11-14,16-19,22-23H2,1-6H3,(H,38,46)(H,37,39,40). The Morgan fingerprint density at radius 2 is 1.81 bits per heavy atom. The van der Waals surface area contributed by atoms with Crippen LogP contribution in [0, 0.1) is 11.8 Å². The van der Waals surface area contributed by atoms with Crippen molar-refractivity contribution in [2.75, 3.05) is 75.7 Å². The summed E-state index contributed by atoms with van der Waals surface area (Å²) in [4.78, 5) is 43.0. The van der Waals surface area contributed by atoms with Gasteiger partial charge in [0.15, 0.2) is 5.82 Å². The number of amides is 2. The fourth-order valence-corrected chi connectivity index (χ4v) is 7.68. The molecule has 2 aromatic rings. The zero-order valence-electron chi connectivity index (χ0n) is 29.7. The molecule has 0 radical (unpaired) electrons. The summed E-state index contributed by atoms with van der Waals surface area (Å²) >= 11 is 0. The topological polar surface area (TPSA) is 109 Å². The number of piperazine rings is 1. The first-order valence-corrected chi connectivity index (χ1v) is 18.0. The van der Waals surface area contributed by atoms with Gasteiger partial charge in [-0.3, -0.25) is 19.5 Å². The number of aromatic nitrogens is 2. The molecule has 2 aliphatic heterocycles. The number of hydrogen-bond acceptors (Lipinski definition) is 10. The van der Waals surface area contributed by atoms with Gasteiger partial charge in [-0.05, 0) is 75.0 Å². The van der Waals surface area contributed by atoms with Crippen LogP contribution in [0.25, 0.3) is 0 Å². The van der Waals surface area contributed by atoms with Crippen LogP contribution in [0.15, 0.2) is 24.4 Å². The Kier molecular flexibility index (Phi) is 10.7. The highest BCUT2D eigenvalue weighted by atomic mass is 16.5. The Balaban J connectivity index is 1.08. The minimum atomic E-state index is -0.358. The summed E-state index contributed by atoms with van der Waals surface area (Å²) in [5, 5.41) is 10.7. The lowest BCUT2D eigenvalue weighted by Crippen LogP contribution is -2.58. The molecule has 1 atom stereocenters. The molecule has 3 heterocycles. The van der Waals surface area contributed by atoms with E-state index in [0.29, 0.717) is 52.8 Å². The van der Waals surface area contributed by atoms with Gasteiger partial charge in [0, 0.05) is 71.0 Å². The molecule has 2 N–H and O–H groups in total. The van der Waals surface area contributed by atoms with Crippen LogP contribution in [0.4, 0.5) is 23.1 Å². The third kappa shape index (κ3) is 7.71. The Morgan fingerprint density at radius 1 is 1.08 bits per heavy atom. The van der Waals surface area contributed by atoms with Gasteiger partial charge in [-0.1, -0.05) is 20.8 Å². The van der Waals surface area contributed by atoms with Crippen molar-refractivity contribution in [3.63, 3.8) is 0 Å². The van der Waals surface area contributed by atoms with Crippen LogP contribution < -0.4 is 25.3 Å². The molecule has 2 saturated carbocycles. The van der Waals surface area contributed by atoms with Gasteiger partial charge in [0.05, 0.1) is 19.0 Å². The summed E-state index contributed by atoms with van der Waals surface area (Å²) in [7, 11) is 5.37. The minimum absolute atomic E-state index is 0.0194. The Bertz CT molecular complexity index is 1430. The number of carbonyl (C=O) groups is 2. The second-order valence-corrected chi connectivity index (χ2v) is 14.6. The molecule has 48 heavy (non-hydrogen) atoms. The number of benzene rings is 1. The van der Waals surface area contributed by atoms with E-state index in [2.05, 4.69) is 44.3 Å². The molecule has 1 saturated heterocycles. The number of nitrogens with one attached hydrogen (secondary N) is 2. The number of likely N-dealkylation sites (N-methyl/N-ethyl adjacent to an activating group) is 1. The van der Waals surface area contributed by atoms with E-state index in [1.807, 2.05) is 31.1 Å². The van der Waals surface area contributed by atoms with Gasteiger partial charge >= 0.3 is 0 Å². The summed E-state index contributed by atoms with van der Waals surface area (Å²) < 4.78 is 5.71. The highest BCUT2D eigenvalue weighted by Crippen LogP contribution is 2.37. The van der Waals surface area contributed by atoms with E-state index < -0.39 is 0 Å². The molecule has 3 fully saturated rings. The van der Waals surface area contributed by atoms with Crippen molar-refractivity contribution in [2.45, 2.75) is 83.8 Å². The Morgan fingerprint density at radius 3 is 2.46 bits per heavy atom. The SMILES string of the molecule is CCC1C(=O)N(C)c2cnc(Nc3ccc(C(=O)NC4CCC(N5CCN(CC6CC6)CC5)CC4)cc3OC)nc2N1N(C)CC(C)C. The van der Waals surface area contributed by atoms with E-state index in [9.17, 15) is 9.59 Å². The van der Waals surface area contributed by atoms with Crippen LogP contribution in [-0.2, 0) is 4.79 Å². The number of hydrazine groups is 1. The van der Waals surface area contributed by atoms with E-state index >= 15 is 0 Å². The zero-order chi connectivity index (χ0) is 33.9. The summed E-state index contributed by atoms with van der Waals surface area (Å²) in [6.07, 6.45) is 9.46. The third-order valence-corrected chi connectivity index (χ3v) is 10.5. The maximum atomic E-state index is 13.3. The lowest BCUT2D eigenvalue weighted by molar-refractivity contribution is -0.120. The minimum Gasteiger partial charge on any atom is -0.495 e. The van der Waals surface area contributed by atoms with Crippen LogP contribution in [0.2, 0.25) is 0 Å². The molecule has 2 amide bonds. The Labute approximate surface area is 286 Å². The van der Waals surface area contributed by atoms with Gasteiger partial charge in [0.1, 0.15) is 17.5 Å². The van der Waals surface area contributed by atoms with Crippen LogP contribution >= 0.6 is 0 Å². The van der Waals surface area contributed by atoms with Crippen molar-refractivity contribution in [1.82, 2.24) is 30.1 Å². The number of anilines is 4. The lowest BCUT2D eigenvalue weighted by Gasteiger charge is -2.44. The average Bonchev–Trinajstić information content (AvgIpc) is 3.90. The molecule has 12 nitrogen and oxygen atoms in total. The first-order chi connectivity index (χ1) is 23.1. The van der Waals surface area contributed by atoms with Crippen molar-refractivity contribution in [3.05, 3.63) is 30.0 Å². The molecule has 1 unspecified atom stereocenters. The fourth-order valence-electron chi connectivity index (χ4n) is 7.68. The first-order valence-electron chi connectivity index (χ1n) is 18.0. The predicted octanol–water partition coefficient (Wildman–Crippen LogP) is 4.36. The zero-order valence-corrected chi connectivity index (χ0v) is 29.7. The smallest absolute Gasteiger partial charge is 0.251 e. The van der Waals surface area contributed by atoms with E-state index in [-0.39, 0.29) is 23.9 Å². The van der Waals surface area contributed by atoms with Crippen molar-refractivity contribution in [3.8, 4) is 5.75 Å². The van der Waals surface area contributed by atoms with Crippen LogP contribution in [0.1, 0.15) is 76.1 Å². The van der Waals surface area contributed by atoms with E-state index in [1.165, 1.54) is 45.6 Å². The van der Waals surface area contributed by atoms with Gasteiger partial charge < -0.3 is 25.2 Å². The summed E-state index contributed by atoms with van der Waals surface area (Å²) in [6, 6.07) is 5.88. The van der Waals surface area contributed by atoms with Crippen LogP contribution in [0.3, 0.4) is 0 Å². The van der Waals surface area contributed by atoms with Crippen molar-refractivity contribution in [1.29, 1.82) is 0 Å². The number of nitrogens with zero attached hydrogens (tertiary/aromatic N) is 7. The molecule has 12 heteroatoms. The molecule has 0 bridgehead atoms. The number of fused-ring (bicyclic) bond motifs is 1. The molecule has 262 valence electrons. The third-order valence-electron chi connectivity index (χ3n) is 10.5. The van der Waals surface area contributed by atoms with Crippen LogP contribution in [-0.4, -0.2) is 115 Å². The summed E-state index contributed by atoms with van der Waals surface area (Å²) in [5.74, 6) is 2.89. The largest absolute Gasteiger partial charge is 0.495 e. The van der Waals surface area contributed by atoms with Crippen molar-refractivity contribution >= 4 is 35.0 Å². The second-order valence-electron chi connectivity index (χ2n) is 14.6. The normalized spacial score (nSPS) is 23.8. The van der Waals surface area contributed by atoms with Gasteiger partial charge in [0.25, 0.3) is 11.8 Å². The molecule has 4 aliphatic rings. The van der Waals surface area contributed by atoms with Gasteiger partial charge in [-0.15, -0.1) is 0 Å². The molecule has 6 rings (SSSR count). The fraction of sp³-hybridized carbons (Fsp3) is 0.667. The highest BCUT2D eigenvalue weighted by molar-refractivity contribution is 6.04. The molecular formula is C36H55N9O3. The average molecular weight is 662 g/mol. The first kappa shape index (κ1) is 34.4. The molecule has 2 aliphatic carbocycles. The molecule has 1 aromatic heterocycles. The molecular weight excluding hydrogens is 606 g/mol. The quantitative estimate of drug-likeness (QED) is 0.341. The maximum absolute atomic E-state index is 13.3. The highest BCUT2D eigenvalue weighted by Gasteiger charge is 2.39. The number of ether oxygens (including phenoxy) is 1. The lowest BCUT2D eigenvalue weighted by atomic mass is 9.89. The molecule has 1 aromatic carbocycles. The van der Waals surface area contributed by atoms with E-state index in [0.717, 1.165) is 38.1 Å². The van der Waals surface area contributed by atoms with E-state index in [1.54, 1.807) is 31.3 Å². The van der Waals surface area contributed by atoms with Gasteiger partial charge in [0.2, 0.25) is 5.95 Å².